The van der Waals surface area contributed by atoms with Crippen LogP contribution in [-0.4, -0.2) is 16.7 Å². The van der Waals surface area contributed by atoms with Gasteiger partial charge in [-0.05, 0) is 56.5 Å². The van der Waals surface area contributed by atoms with Gasteiger partial charge in [-0.15, -0.1) is 0 Å². The number of nitrogens with one attached hydrogen (secondary N) is 2. The lowest BCUT2D eigenvalue weighted by atomic mass is 10.1. The van der Waals surface area contributed by atoms with E-state index in [1.54, 1.807) is 0 Å². The number of aryl methyl sites for hydroxylation is 2. The molecule has 1 atom stereocenters. The molecule has 0 spiro atoms. The van der Waals surface area contributed by atoms with Crippen molar-refractivity contribution >= 4 is 15.9 Å². The van der Waals surface area contributed by atoms with Gasteiger partial charge in [0, 0.05) is 16.2 Å². The minimum atomic E-state index is -0.219. The Bertz CT molecular complexity index is 568. The second kappa shape index (κ2) is 6.99. The largest absolute Gasteiger partial charge is 0.310 e. The SMILES string of the molecule is Cc1[nH]ncc1CCCNC(C)c1ccc(F)cc1Br. The fourth-order valence-electron chi connectivity index (χ4n) is 2.19. The highest BCUT2D eigenvalue weighted by Crippen LogP contribution is 2.24. The first-order valence-corrected chi connectivity index (χ1v) is 7.54. The van der Waals surface area contributed by atoms with Crippen LogP contribution in [0.2, 0.25) is 0 Å². The number of halogens is 2. The third kappa shape index (κ3) is 3.90. The molecule has 1 unspecified atom stereocenters. The number of rotatable bonds is 6. The molecule has 3 nitrogen and oxygen atoms in total. The number of aromatic nitrogens is 2. The van der Waals surface area contributed by atoms with Gasteiger partial charge >= 0.3 is 0 Å². The Hall–Kier alpha value is -1.20. The van der Waals surface area contributed by atoms with Crippen molar-refractivity contribution in [3.8, 4) is 0 Å². The lowest BCUT2D eigenvalue weighted by Crippen LogP contribution is -2.20. The average Bonchev–Trinajstić information content (AvgIpc) is 2.80. The van der Waals surface area contributed by atoms with E-state index >= 15 is 0 Å². The van der Waals surface area contributed by atoms with Gasteiger partial charge in [-0.3, -0.25) is 5.10 Å². The van der Waals surface area contributed by atoms with Crippen molar-refractivity contribution in [3.05, 3.63) is 51.5 Å². The van der Waals surface area contributed by atoms with E-state index in [9.17, 15) is 4.39 Å². The van der Waals surface area contributed by atoms with Gasteiger partial charge in [0.25, 0.3) is 0 Å². The molecule has 5 heteroatoms. The summed E-state index contributed by atoms with van der Waals surface area (Å²) >= 11 is 3.41. The van der Waals surface area contributed by atoms with Crippen LogP contribution in [-0.2, 0) is 6.42 Å². The molecule has 1 heterocycles. The molecule has 108 valence electrons. The average molecular weight is 340 g/mol. The maximum atomic E-state index is 13.1. The van der Waals surface area contributed by atoms with E-state index in [2.05, 4.69) is 38.4 Å². The summed E-state index contributed by atoms with van der Waals surface area (Å²) in [6.45, 7) is 5.03. The van der Waals surface area contributed by atoms with Crippen molar-refractivity contribution in [2.75, 3.05) is 6.54 Å². The summed E-state index contributed by atoms with van der Waals surface area (Å²) in [5.41, 5.74) is 3.48. The second-order valence-electron chi connectivity index (χ2n) is 4.97. The highest BCUT2D eigenvalue weighted by atomic mass is 79.9. The minimum Gasteiger partial charge on any atom is -0.310 e. The smallest absolute Gasteiger partial charge is 0.124 e. The molecular formula is C15H19BrFN3. The number of hydrogen-bond donors (Lipinski definition) is 2. The van der Waals surface area contributed by atoms with Crippen molar-refractivity contribution in [2.45, 2.75) is 32.7 Å². The van der Waals surface area contributed by atoms with Crippen LogP contribution < -0.4 is 5.32 Å². The maximum absolute atomic E-state index is 13.1. The highest BCUT2D eigenvalue weighted by molar-refractivity contribution is 9.10. The zero-order valence-electron chi connectivity index (χ0n) is 11.7. The Morgan fingerprint density at radius 3 is 2.90 bits per heavy atom. The molecule has 1 aromatic heterocycles. The monoisotopic (exact) mass is 339 g/mol. The number of hydrogen-bond acceptors (Lipinski definition) is 2. The van der Waals surface area contributed by atoms with Crippen LogP contribution in [0.1, 0.15) is 36.2 Å². The molecule has 2 aromatic rings. The van der Waals surface area contributed by atoms with E-state index in [1.165, 1.54) is 17.7 Å². The molecule has 0 saturated heterocycles. The molecule has 2 rings (SSSR count). The molecule has 20 heavy (non-hydrogen) atoms. The van der Waals surface area contributed by atoms with Crippen LogP contribution in [0.3, 0.4) is 0 Å². The quantitative estimate of drug-likeness (QED) is 0.783. The standard InChI is InChI=1S/C15H19BrFN3/c1-10-12(9-19-20-10)4-3-7-18-11(2)14-6-5-13(17)8-15(14)16/h5-6,8-9,11,18H,3-4,7H2,1-2H3,(H,19,20). The van der Waals surface area contributed by atoms with E-state index in [0.717, 1.165) is 35.1 Å². The van der Waals surface area contributed by atoms with Gasteiger partial charge in [0.15, 0.2) is 0 Å². The predicted molar refractivity (Wildman–Crippen MR) is 82.2 cm³/mol. The molecule has 0 radical (unpaired) electrons. The van der Waals surface area contributed by atoms with Gasteiger partial charge in [0.1, 0.15) is 5.82 Å². The molecule has 0 amide bonds. The van der Waals surface area contributed by atoms with E-state index < -0.39 is 0 Å². The van der Waals surface area contributed by atoms with Crippen LogP contribution in [0.5, 0.6) is 0 Å². The van der Waals surface area contributed by atoms with Gasteiger partial charge in [-0.25, -0.2) is 4.39 Å². The third-order valence-electron chi connectivity index (χ3n) is 3.44. The summed E-state index contributed by atoms with van der Waals surface area (Å²) in [6, 6.07) is 5.00. The zero-order chi connectivity index (χ0) is 14.5. The first-order chi connectivity index (χ1) is 9.58. The molecule has 0 bridgehead atoms. The van der Waals surface area contributed by atoms with E-state index in [4.69, 9.17) is 0 Å². The summed E-state index contributed by atoms with van der Waals surface area (Å²) in [7, 11) is 0. The van der Waals surface area contributed by atoms with Crippen LogP contribution in [0.25, 0.3) is 0 Å². The van der Waals surface area contributed by atoms with Gasteiger partial charge in [-0.2, -0.15) is 5.10 Å². The molecule has 0 fully saturated rings. The van der Waals surface area contributed by atoms with Gasteiger partial charge in [0.05, 0.1) is 6.20 Å². The normalized spacial score (nSPS) is 12.6. The van der Waals surface area contributed by atoms with Crippen LogP contribution in [0.4, 0.5) is 4.39 Å². The lowest BCUT2D eigenvalue weighted by Gasteiger charge is -2.15. The fourth-order valence-corrected chi connectivity index (χ4v) is 2.88. The van der Waals surface area contributed by atoms with Crippen molar-refractivity contribution < 1.29 is 4.39 Å². The summed E-state index contributed by atoms with van der Waals surface area (Å²) < 4.78 is 13.9. The molecule has 0 aliphatic carbocycles. The van der Waals surface area contributed by atoms with E-state index in [0.29, 0.717) is 0 Å². The second-order valence-corrected chi connectivity index (χ2v) is 5.82. The number of nitrogens with zero attached hydrogens (tertiary/aromatic N) is 1. The highest BCUT2D eigenvalue weighted by Gasteiger charge is 2.09. The fraction of sp³-hybridized carbons (Fsp3) is 0.400. The van der Waals surface area contributed by atoms with Crippen molar-refractivity contribution in [2.24, 2.45) is 0 Å². The van der Waals surface area contributed by atoms with Crippen molar-refractivity contribution in [3.63, 3.8) is 0 Å². The summed E-state index contributed by atoms with van der Waals surface area (Å²) in [5, 5.41) is 10.4. The Morgan fingerprint density at radius 2 is 2.25 bits per heavy atom. The Balaban J connectivity index is 1.80. The first kappa shape index (κ1) is 15.2. The zero-order valence-corrected chi connectivity index (χ0v) is 13.3. The molecule has 0 saturated carbocycles. The molecule has 0 aliphatic rings. The Morgan fingerprint density at radius 1 is 1.45 bits per heavy atom. The first-order valence-electron chi connectivity index (χ1n) is 6.75. The van der Waals surface area contributed by atoms with E-state index in [-0.39, 0.29) is 11.9 Å². The van der Waals surface area contributed by atoms with Gasteiger partial charge in [-0.1, -0.05) is 22.0 Å². The lowest BCUT2D eigenvalue weighted by molar-refractivity contribution is 0.554. The minimum absolute atomic E-state index is 0.190. The van der Waals surface area contributed by atoms with E-state index in [1.807, 2.05) is 19.2 Å². The molecular weight excluding hydrogens is 321 g/mol. The predicted octanol–water partition coefficient (Wildman–Crippen LogP) is 3.90. The number of H-pyrrole nitrogens is 1. The van der Waals surface area contributed by atoms with Crippen LogP contribution in [0.15, 0.2) is 28.9 Å². The van der Waals surface area contributed by atoms with Crippen molar-refractivity contribution in [1.82, 2.24) is 15.5 Å². The third-order valence-corrected chi connectivity index (χ3v) is 4.12. The molecule has 0 aliphatic heterocycles. The topological polar surface area (TPSA) is 40.7 Å². The number of aromatic amines is 1. The summed E-state index contributed by atoms with van der Waals surface area (Å²) in [6.07, 6.45) is 3.94. The van der Waals surface area contributed by atoms with Gasteiger partial charge < -0.3 is 5.32 Å². The van der Waals surface area contributed by atoms with Crippen molar-refractivity contribution in [1.29, 1.82) is 0 Å². The summed E-state index contributed by atoms with van der Waals surface area (Å²) in [4.78, 5) is 0. The molecule has 2 N–H and O–H groups in total. The van der Waals surface area contributed by atoms with Crippen LogP contribution >= 0.6 is 15.9 Å². The molecule has 1 aromatic carbocycles. The van der Waals surface area contributed by atoms with Gasteiger partial charge in [0.2, 0.25) is 0 Å². The maximum Gasteiger partial charge on any atom is 0.124 e. The van der Waals surface area contributed by atoms with Crippen LogP contribution in [0, 0.1) is 12.7 Å². The Kier molecular flexibility index (Phi) is 5.31. The Labute approximate surface area is 127 Å². The summed E-state index contributed by atoms with van der Waals surface area (Å²) in [5.74, 6) is -0.219. The number of benzene rings is 1.